The fraction of sp³-hybridized carbons (Fsp3) is 0.444. The van der Waals surface area contributed by atoms with Crippen molar-refractivity contribution in [2.75, 3.05) is 12.4 Å². The predicted octanol–water partition coefficient (Wildman–Crippen LogP) is 7.05. The van der Waals surface area contributed by atoms with Gasteiger partial charge in [0, 0.05) is 17.8 Å². The highest BCUT2D eigenvalue weighted by Crippen LogP contribution is 3.02. The monoisotopic (exact) mass is 624 g/mol. The molecule has 2 atom stereocenters. The van der Waals surface area contributed by atoms with Crippen molar-refractivity contribution < 1.29 is 52.8 Å². The Kier molecular flexibility index (Phi) is 8.13. The largest absolute Gasteiger partial charge is 0.496 e. The second-order valence-electron chi connectivity index (χ2n) is 10.5. The molecule has 232 valence electrons. The number of amides is 2. The van der Waals surface area contributed by atoms with Crippen LogP contribution in [0.3, 0.4) is 0 Å². The molecule has 0 saturated heterocycles. The number of nitrogens with one attached hydrogen (secondary N) is 2. The molecule has 0 heterocycles. The summed E-state index contributed by atoms with van der Waals surface area (Å²) in [6.45, 7) is 0. The molecule has 0 aliphatic heterocycles. The quantitative estimate of drug-likeness (QED) is 0.258. The van der Waals surface area contributed by atoms with Crippen LogP contribution >= 0.6 is 10.2 Å². The van der Waals surface area contributed by atoms with Crippen LogP contribution in [0.25, 0.3) is 0 Å². The van der Waals surface area contributed by atoms with Crippen LogP contribution < -0.4 is 20.1 Å². The zero-order valence-electron chi connectivity index (χ0n) is 22.4. The first kappa shape index (κ1) is 31.3. The lowest BCUT2D eigenvalue weighted by Crippen LogP contribution is -2.42. The number of methoxy groups -OCH3 is 1. The number of carbonyl (C=O) groups is 3. The molecule has 2 aromatic carbocycles. The number of rotatable bonds is 9. The van der Waals surface area contributed by atoms with Gasteiger partial charge in [-0.3, -0.25) is 14.4 Å². The minimum absolute atomic E-state index is 0.0947. The molecule has 0 spiro atoms. The van der Waals surface area contributed by atoms with Gasteiger partial charge in [0.05, 0.1) is 30.6 Å². The Bertz CT molecular complexity index is 1380. The number of hydrogen-bond donors (Lipinski definition) is 3. The number of halogens is 6. The van der Waals surface area contributed by atoms with Gasteiger partial charge < -0.3 is 25.2 Å². The average Bonchev–Trinajstić information content (AvgIpc) is 3.37. The molecule has 4 rings (SSSR count). The maximum Gasteiger partial charge on any atom is 0.310 e. The topological polar surface area (TPSA) is 114 Å². The Morgan fingerprint density at radius 3 is 2.24 bits per heavy atom. The molecule has 3 N–H and O–H groups in total. The van der Waals surface area contributed by atoms with Gasteiger partial charge in [0.2, 0.25) is 5.91 Å². The van der Waals surface area contributed by atoms with Gasteiger partial charge in [-0.1, -0.05) is 31.9 Å². The summed E-state index contributed by atoms with van der Waals surface area (Å²) >= 11 is 0. The Labute approximate surface area is 237 Å². The standard InChI is InChI=1S/C27H30F6N2O6S/c1-40-23-14-21(28)24(41-17-10-8-15(9-11-17)27(38)39)13-20(23)26(37)35-22-7-3-6-19(22)25(36)34-16-4-2-5-18(12-16)42(29,30,31,32)33/h2,4-5,12-15,17,19,22H,3,6-11H2,1H3,(H,34,36)(H,35,37)(H,38,39)/t15?,17?,19-,22+/m1/s1. The van der Waals surface area contributed by atoms with Crippen molar-refractivity contribution >= 4 is 33.7 Å². The lowest BCUT2D eigenvalue weighted by atomic mass is 9.87. The molecule has 2 aromatic rings. The Morgan fingerprint density at radius 2 is 1.62 bits per heavy atom. The molecule has 15 heteroatoms. The fourth-order valence-corrected chi connectivity index (χ4v) is 6.01. The van der Waals surface area contributed by atoms with E-state index in [4.69, 9.17) is 14.6 Å². The summed E-state index contributed by atoms with van der Waals surface area (Å²) in [6.07, 6.45) is 2.13. The SMILES string of the molecule is COc1cc(F)c(OC2CCC(C(=O)O)CC2)cc1C(=O)N[C@H]1CCC[C@H]1C(=O)Nc1cccc(S(F)(F)(F)(F)F)c1. The van der Waals surface area contributed by atoms with Gasteiger partial charge in [-0.15, -0.1) is 0 Å². The van der Waals surface area contributed by atoms with Crippen molar-refractivity contribution in [2.24, 2.45) is 11.8 Å². The summed E-state index contributed by atoms with van der Waals surface area (Å²) in [4.78, 5) is 35.2. The first-order valence-electron chi connectivity index (χ1n) is 13.2. The van der Waals surface area contributed by atoms with Crippen molar-refractivity contribution in [3.8, 4) is 11.5 Å². The molecule has 2 fully saturated rings. The van der Waals surface area contributed by atoms with E-state index in [1.54, 1.807) is 0 Å². The zero-order chi connectivity index (χ0) is 30.9. The number of ether oxygens (including phenoxy) is 2. The van der Waals surface area contributed by atoms with Gasteiger partial charge >= 0.3 is 16.2 Å². The number of aliphatic carboxylic acids is 1. The van der Waals surface area contributed by atoms with E-state index >= 15 is 0 Å². The van der Waals surface area contributed by atoms with Crippen LogP contribution in [0.4, 0.5) is 29.5 Å². The number of carbonyl (C=O) groups excluding carboxylic acids is 2. The zero-order valence-corrected chi connectivity index (χ0v) is 23.2. The van der Waals surface area contributed by atoms with E-state index in [0.29, 0.717) is 38.5 Å². The van der Waals surface area contributed by atoms with Crippen LogP contribution in [-0.4, -0.2) is 42.1 Å². The molecule has 2 amide bonds. The van der Waals surface area contributed by atoms with Gasteiger partial charge in [-0.2, -0.15) is 0 Å². The van der Waals surface area contributed by atoms with Crippen LogP contribution in [0, 0.1) is 17.7 Å². The highest BCUT2D eigenvalue weighted by Gasteiger charge is 2.65. The molecule has 2 aliphatic carbocycles. The highest BCUT2D eigenvalue weighted by atomic mass is 32.5. The second kappa shape index (κ2) is 10.9. The number of anilines is 1. The minimum atomic E-state index is -9.96. The van der Waals surface area contributed by atoms with Crippen molar-refractivity contribution in [1.29, 1.82) is 0 Å². The third kappa shape index (κ3) is 7.41. The normalized spacial score (nSPS) is 24.2. The molecular weight excluding hydrogens is 594 g/mol. The van der Waals surface area contributed by atoms with E-state index in [1.807, 2.05) is 0 Å². The van der Waals surface area contributed by atoms with Gasteiger partial charge in [0.1, 0.15) is 10.6 Å². The Balaban J connectivity index is 1.46. The van der Waals surface area contributed by atoms with Crippen molar-refractivity contribution in [2.45, 2.75) is 62.0 Å². The summed E-state index contributed by atoms with van der Waals surface area (Å²) in [5.41, 5.74) is -0.565. The first-order chi connectivity index (χ1) is 19.4. The van der Waals surface area contributed by atoms with Crippen LogP contribution in [0.5, 0.6) is 11.5 Å². The van der Waals surface area contributed by atoms with Crippen LogP contribution in [0.1, 0.15) is 55.3 Å². The van der Waals surface area contributed by atoms with E-state index in [-0.39, 0.29) is 35.6 Å². The van der Waals surface area contributed by atoms with E-state index in [1.165, 1.54) is 7.11 Å². The van der Waals surface area contributed by atoms with Gasteiger partial charge in [-0.05, 0) is 62.8 Å². The first-order valence-corrected chi connectivity index (χ1v) is 15.1. The molecule has 2 saturated carbocycles. The maximum atomic E-state index is 14.8. The number of carboxylic acids is 1. The van der Waals surface area contributed by atoms with E-state index in [0.717, 1.165) is 24.3 Å². The second-order valence-corrected chi connectivity index (χ2v) is 12.9. The Morgan fingerprint density at radius 1 is 0.929 bits per heavy atom. The number of benzene rings is 2. The molecule has 0 radical (unpaired) electrons. The van der Waals surface area contributed by atoms with Crippen molar-refractivity contribution in [3.63, 3.8) is 0 Å². The minimum Gasteiger partial charge on any atom is -0.496 e. The fourth-order valence-electron chi connectivity index (χ4n) is 5.32. The smallest absolute Gasteiger partial charge is 0.310 e. The van der Waals surface area contributed by atoms with Crippen LogP contribution in [0.15, 0.2) is 41.3 Å². The number of carboxylic acid groups (broad SMARTS) is 1. The molecule has 8 nitrogen and oxygen atoms in total. The lowest BCUT2D eigenvalue weighted by Gasteiger charge is -2.40. The van der Waals surface area contributed by atoms with Gasteiger partial charge in [0.15, 0.2) is 11.6 Å². The van der Waals surface area contributed by atoms with Crippen LogP contribution in [-0.2, 0) is 9.59 Å². The molecule has 42 heavy (non-hydrogen) atoms. The summed E-state index contributed by atoms with van der Waals surface area (Å²) in [5, 5.41) is 14.1. The Hall–Kier alpha value is -3.62. The molecule has 0 unspecified atom stereocenters. The summed E-state index contributed by atoms with van der Waals surface area (Å²) in [7, 11) is -8.73. The van der Waals surface area contributed by atoms with Crippen molar-refractivity contribution in [3.05, 3.63) is 47.8 Å². The molecule has 0 aromatic heterocycles. The number of hydrogen-bond acceptors (Lipinski definition) is 5. The summed E-state index contributed by atoms with van der Waals surface area (Å²) in [6, 6.07) is 3.56. The van der Waals surface area contributed by atoms with E-state index in [2.05, 4.69) is 10.6 Å². The molecule has 0 bridgehead atoms. The molecular formula is C27H30F6N2O6S. The third-order valence-corrected chi connectivity index (χ3v) is 8.68. The predicted molar refractivity (Wildman–Crippen MR) is 142 cm³/mol. The van der Waals surface area contributed by atoms with Crippen LogP contribution in [0.2, 0.25) is 0 Å². The molecule has 2 aliphatic rings. The van der Waals surface area contributed by atoms with E-state index in [9.17, 15) is 38.2 Å². The summed E-state index contributed by atoms with van der Waals surface area (Å²) < 4.78 is 91.7. The summed E-state index contributed by atoms with van der Waals surface area (Å²) in [5.74, 6) is -4.91. The van der Waals surface area contributed by atoms with E-state index < -0.39 is 68.4 Å². The highest BCUT2D eigenvalue weighted by molar-refractivity contribution is 8.45. The maximum absolute atomic E-state index is 14.8. The third-order valence-electron chi connectivity index (χ3n) is 7.53. The van der Waals surface area contributed by atoms with Gasteiger partial charge in [0.25, 0.3) is 5.91 Å². The lowest BCUT2D eigenvalue weighted by molar-refractivity contribution is -0.143. The van der Waals surface area contributed by atoms with Gasteiger partial charge in [-0.25, -0.2) is 4.39 Å². The average molecular weight is 625 g/mol. The van der Waals surface area contributed by atoms with Crippen molar-refractivity contribution in [1.82, 2.24) is 5.32 Å².